The molecule has 0 aliphatic rings. The fourth-order valence-corrected chi connectivity index (χ4v) is 8.88. The Kier molecular flexibility index (Phi) is 18.8. The topological polar surface area (TPSA) is 52.6 Å². The summed E-state index contributed by atoms with van der Waals surface area (Å²) in [5, 5.41) is 0. The molecule has 2 aromatic carbocycles. The van der Waals surface area contributed by atoms with Crippen molar-refractivity contribution in [2.24, 2.45) is 0 Å². The van der Waals surface area contributed by atoms with Crippen LogP contribution in [-0.2, 0) is 9.84 Å². The molecule has 0 heterocycles. The minimum Gasteiger partial charge on any atom is -0.494 e. The Labute approximate surface area is 251 Å². The molecule has 208 valence electrons. The quantitative estimate of drug-likeness (QED) is 0.107. The lowest BCUT2D eigenvalue weighted by Crippen LogP contribution is -2.07. The summed E-state index contributed by atoms with van der Waals surface area (Å²) in [6.45, 7) is 1.11. The zero-order valence-corrected chi connectivity index (χ0v) is 27.0. The maximum Gasteiger partial charge on any atom is 0.210 e. The standard InChI is InChI=1S/C26H38O4S7/c27-37(28,24-9-7-23(8-10-24)29-11-3-15-33-19-21-35-17-13-31)26-6-2-1-5-25(26)30-12-4-16-34-20-22-36-18-14-32/h1-2,5-10,31-32H,3-4,11-22H2. The number of hydrogen-bond donors (Lipinski definition) is 2. The molecule has 0 fully saturated rings. The maximum absolute atomic E-state index is 13.3. The summed E-state index contributed by atoms with van der Waals surface area (Å²) < 4.78 is 38.3. The van der Waals surface area contributed by atoms with Crippen LogP contribution in [0.5, 0.6) is 11.5 Å². The lowest BCUT2D eigenvalue weighted by Gasteiger charge is -2.13. The molecule has 0 bridgehead atoms. The monoisotopic (exact) mass is 638 g/mol. The third-order valence-electron chi connectivity index (χ3n) is 4.88. The predicted octanol–water partition coefficient (Wildman–Crippen LogP) is 6.85. The molecule has 0 saturated carbocycles. The van der Waals surface area contributed by atoms with E-state index in [1.54, 1.807) is 48.5 Å². The van der Waals surface area contributed by atoms with E-state index in [1.165, 1.54) is 0 Å². The van der Waals surface area contributed by atoms with Gasteiger partial charge in [-0.2, -0.15) is 72.3 Å². The third-order valence-corrected chi connectivity index (χ3v) is 12.4. The first-order valence-electron chi connectivity index (χ1n) is 12.3. The van der Waals surface area contributed by atoms with Crippen LogP contribution in [0.3, 0.4) is 0 Å². The van der Waals surface area contributed by atoms with Gasteiger partial charge in [-0.3, -0.25) is 0 Å². The first kappa shape index (κ1) is 33.3. The van der Waals surface area contributed by atoms with Gasteiger partial charge >= 0.3 is 0 Å². The molecule has 37 heavy (non-hydrogen) atoms. The van der Waals surface area contributed by atoms with E-state index in [-0.39, 0.29) is 9.79 Å². The summed E-state index contributed by atoms with van der Waals surface area (Å²) in [7, 11) is -3.69. The summed E-state index contributed by atoms with van der Waals surface area (Å²) in [5.74, 6) is 11.7. The lowest BCUT2D eigenvalue weighted by molar-refractivity contribution is 0.310. The van der Waals surface area contributed by atoms with Gasteiger partial charge in [0.25, 0.3) is 0 Å². The summed E-state index contributed by atoms with van der Waals surface area (Å²) in [6, 6.07) is 13.5. The second-order valence-corrected chi connectivity index (χ2v) is 15.4. The number of thioether (sulfide) groups is 4. The van der Waals surface area contributed by atoms with Gasteiger partial charge < -0.3 is 9.47 Å². The Morgan fingerprint density at radius 3 is 1.70 bits per heavy atom. The van der Waals surface area contributed by atoms with E-state index in [0.717, 1.165) is 70.4 Å². The van der Waals surface area contributed by atoms with Crippen molar-refractivity contribution in [3.05, 3.63) is 48.5 Å². The Morgan fingerprint density at radius 2 is 1.14 bits per heavy atom. The number of para-hydroxylation sites is 1. The van der Waals surface area contributed by atoms with Crippen LogP contribution in [0.25, 0.3) is 0 Å². The second-order valence-electron chi connectivity index (χ2n) is 7.72. The van der Waals surface area contributed by atoms with E-state index in [4.69, 9.17) is 9.47 Å². The molecule has 0 saturated heterocycles. The molecule has 11 heteroatoms. The Balaban J connectivity index is 1.77. The minimum absolute atomic E-state index is 0.198. The maximum atomic E-state index is 13.3. The van der Waals surface area contributed by atoms with Crippen molar-refractivity contribution in [2.75, 3.05) is 70.7 Å². The third kappa shape index (κ3) is 13.8. The highest BCUT2D eigenvalue weighted by atomic mass is 32.2. The number of hydrogen-bond acceptors (Lipinski definition) is 10. The van der Waals surface area contributed by atoms with Gasteiger partial charge in [-0.15, -0.1) is 0 Å². The van der Waals surface area contributed by atoms with Crippen LogP contribution >= 0.6 is 72.3 Å². The summed E-state index contributed by atoms with van der Waals surface area (Å²) in [4.78, 5) is 0.434. The van der Waals surface area contributed by atoms with Crippen LogP contribution in [0.1, 0.15) is 12.8 Å². The first-order chi connectivity index (χ1) is 18.1. The Morgan fingerprint density at radius 1 is 0.622 bits per heavy atom. The van der Waals surface area contributed by atoms with Crippen LogP contribution in [0.2, 0.25) is 0 Å². The molecule has 0 aliphatic heterocycles. The lowest BCUT2D eigenvalue weighted by atomic mass is 10.3. The second kappa shape index (κ2) is 20.9. The van der Waals surface area contributed by atoms with E-state index in [2.05, 4.69) is 25.3 Å². The van der Waals surface area contributed by atoms with Gasteiger partial charge in [0.05, 0.1) is 18.1 Å². The van der Waals surface area contributed by atoms with E-state index in [0.29, 0.717) is 24.7 Å². The molecule has 0 unspecified atom stereocenters. The number of thiol groups is 2. The van der Waals surface area contributed by atoms with E-state index in [1.807, 2.05) is 47.0 Å². The summed E-state index contributed by atoms with van der Waals surface area (Å²) in [6.07, 6.45) is 1.83. The first-order valence-corrected chi connectivity index (χ1v) is 19.7. The molecule has 0 aliphatic carbocycles. The van der Waals surface area contributed by atoms with Crippen molar-refractivity contribution in [1.29, 1.82) is 0 Å². The predicted molar refractivity (Wildman–Crippen MR) is 176 cm³/mol. The Hall–Kier alpha value is 0.0900. The SMILES string of the molecule is O=S(=O)(c1ccc(OCCCSCCSCCS)cc1)c1ccccc1OCCCSCCSCCS. The van der Waals surface area contributed by atoms with E-state index < -0.39 is 9.84 Å². The van der Waals surface area contributed by atoms with Crippen LogP contribution in [0.4, 0.5) is 0 Å². The van der Waals surface area contributed by atoms with Gasteiger partial charge in [0.2, 0.25) is 9.84 Å². The molecule has 0 amide bonds. The van der Waals surface area contributed by atoms with Crippen LogP contribution in [0.15, 0.2) is 58.3 Å². The Bertz CT molecular complexity index is 956. The van der Waals surface area contributed by atoms with E-state index in [9.17, 15) is 8.42 Å². The van der Waals surface area contributed by atoms with Crippen LogP contribution in [-0.4, -0.2) is 79.2 Å². The fraction of sp³-hybridized carbons (Fsp3) is 0.538. The summed E-state index contributed by atoms with van der Waals surface area (Å²) >= 11 is 16.1. The molecule has 2 rings (SSSR count). The van der Waals surface area contributed by atoms with Gasteiger partial charge in [0.15, 0.2) is 0 Å². The van der Waals surface area contributed by atoms with Crippen molar-refractivity contribution in [3.8, 4) is 11.5 Å². The average molecular weight is 639 g/mol. The number of ether oxygens (including phenoxy) is 2. The van der Waals surface area contributed by atoms with Crippen molar-refractivity contribution < 1.29 is 17.9 Å². The molecule has 0 atom stereocenters. The molecule has 0 aromatic heterocycles. The molecular formula is C26H38O4S7. The highest BCUT2D eigenvalue weighted by molar-refractivity contribution is 8.03. The van der Waals surface area contributed by atoms with Gasteiger partial charge in [-0.25, -0.2) is 8.42 Å². The van der Waals surface area contributed by atoms with Crippen molar-refractivity contribution in [2.45, 2.75) is 22.6 Å². The zero-order valence-electron chi connectivity index (χ0n) is 21.1. The molecule has 2 aromatic rings. The molecule has 0 spiro atoms. The minimum atomic E-state index is -3.69. The van der Waals surface area contributed by atoms with Gasteiger partial charge in [0, 0.05) is 34.5 Å². The fourth-order valence-electron chi connectivity index (χ4n) is 3.10. The average Bonchev–Trinajstić information content (AvgIpc) is 2.91. The van der Waals surface area contributed by atoms with Gasteiger partial charge in [-0.1, -0.05) is 12.1 Å². The largest absolute Gasteiger partial charge is 0.494 e. The smallest absolute Gasteiger partial charge is 0.210 e. The number of benzene rings is 2. The van der Waals surface area contributed by atoms with Crippen molar-refractivity contribution in [3.63, 3.8) is 0 Å². The molecule has 0 N–H and O–H groups in total. The van der Waals surface area contributed by atoms with Gasteiger partial charge in [0.1, 0.15) is 16.4 Å². The van der Waals surface area contributed by atoms with Crippen LogP contribution < -0.4 is 9.47 Å². The molecule has 4 nitrogen and oxygen atoms in total. The summed E-state index contributed by atoms with van der Waals surface area (Å²) in [5.41, 5.74) is 0. The zero-order chi connectivity index (χ0) is 26.6. The highest BCUT2D eigenvalue weighted by Crippen LogP contribution is 2.30. The van der Waals surface area contributed by atoms with E-state index >= 15 is 0 Å². The molecular weight excluding hydrogens is 601 g/mol. The number of sulfone groups is 1. The normalized spacial score (nSPS) is 11.5. The van der Waals surface area contributed by atoms with Gasteiger partial charge in [-0.05, 0) is 72.3 Å². The number of rotatable bonds is 22. The van der Waals surface area contributed by atoms with Crippen molar-refractivity contribution in [1.82, 2.24) is 0 Å². The highest BCUT2D eigenvalue weighted by Gasteiger charge is 2.22. The van der Waals surface area contributed by atoms with Crippen molar-refractivity contribution >= 4 is 82.1 Å². The molecule has 0 radical (unpaired) electrons. The van der Waals surface area contributed by atoms with Crippen LogP contribution in [0, 0.1) is 0 Å².